The molecule has 37 heavy (non-hydrogen) atoms. The van der Waals surface area contributed by atoms with E-state index in [2.05, 4.69) is 130 Å². The van der Waals surface area contributed by atoms with E-state index in [0.29, 0.717) is 0 Å². The van der Waals surface area contributed by atoms with Crippen molar-refractivity contribution >= 4 is 8.53 Å². The fourth-order valence-corrected chi connectivity index (χ4v) is 6.76. The van der Waals surface area contributed by atoms with Gasteiger partial charge in [0, 0.05) is 23.3 Å². The van der Waals surface area contributed by atoms with Crippen molar-refractivity contribution in [2.24, 2.45) is 0 Å². The van der Waals surface area contributed by atoms with Crippen molar-refractivity contribution in [2.45, 2.75) is 105 Å². The quantitative estimate of drug-likeness (QED) is 0.278. The number of nitrogens with zero attached hydrogens (tertiary/aromatic N) is 1. The number of aromatic nitrogens is 1. The van der Waals surface area contributed by atoms with Gasteiger partial charge in [-0.3, -0.25) is 0 Å². The van der Waals surface area contributed by atoms with Gasteiger partial charge in [-0.1, -0.05) is 95.2 Å². The van der Waals surface area contributed by atoms with Gasteiger partial charge >= 0.3 is 8.53 Å². The number of hydrogen-bond donors (Lipinski definition) is 0. The van der Waals surface area contributed by atoms with Crippen molar-refractivity contribution in [3.05, 3.63) is 64.7 Å². The topological polar surface area (TPSA) is 22.3 Å². The Morgan fingerprint density at radius 2 is 0.919 bits per heavy atom. The molecule has 4 heteroatoms. The number of hydrogen-bond acceptors (Lipinski definition) is 2. The Morgan fingerprint density at radius 1 is 0.541 bits per heavy atom. The van der Waals surface area contributed by atoms with Crippen LogP contribution >= 0.6 is 8.53 Å². The number of benzene rings is 2. The smallest absolute Gasteiger partial charge is 0.386 e. The molecule has 0 fully saturated rings. The molecule has 0 saturated heterocycles. The maximum absolute atomic E-state index is 6.89. The van der Waals surface area contributed by atoms with Gasteiger partial charge in [0.05, 0.1) is 11.1 Å². The summed E-state index contributed by atoms with van der Waals surface area (Å²) in [7, 11) is -1.38. The first-order chi connectivity index (χ1) is 16.9. The van der Waals surface area contributed by atoms with E-state index in [0.717, 1.165) is 22.6 Å². The summed E-state index contributed by atoms with van der Waals surface area (Å²) < 4.78 is 16.1. The Kier molecular flexibility index (Phi) is 5.72. The molecule has 0 N–H and O–H groups in total. The lowest BCUT2D eigenvalue weighted by molar-refractivity contribution is -0.505. The third-order valence-electron chi connectivity index (χ3n) is 7.54. The summed E-state index contributed by atoms with van der Waals surface area (Å²) in [4.78, 5) is 0. The van der Waals surface area contributed by atoms with Crippen LogP contribution in [0.4, 0.5) is 0 Å². The van der Waals surface area contributed by atoms with Crippen LogP contribution in [-0.2, 0) is 21.7 Å². The first-order valence-corrected chi connectivity index (χ1v) is 14.6. The molecule has 196 valence electrons. The summed E-state index contributed by atoms with van der Waals surface area (Å²) in [5.74, 6) is 1.94. The highest BCUT2D eigenvalue weighted by atomic mass is 31.2. The predicted octanol–water partition coefficient (Wildman–Crippen LogP) is 9.36. The molecular formula is C33H43NO2P+. The van der Waals surface area contributed by atoms with Crippen molar-refractivity contribution in [1.82, 2.24) is 0 Å². The van der Waals surface area contributed by atoms with Crippen LogP contribution in [0, 0.1) is 0 Å². The zero-order chi connectivity index (χ0) is 27.3. The monoisotopic (exact) mass is 516 g/mol. The highest BCUT2D eigenvalue weighted by Gasteiger charge is 2.49. The van der Waals surface area contributed by atoms with Crippen molar-refractivity contribution in [3.8, 4) is 34.0 Å². The lowest BCUT2D eigenvalue weighted by Crippen LogP contribution is -2.43. The maximum Gasteiger partial charge on any atom is 0.639 e. The van der Waals surface area contributed by atoms with Gasteiger partial charge in [0.25, 0.3) is 0 Å². The molecule has 3 aromatic rings. The largest absolute Gasteiger partial charge is 0.639 e. The molecule has 0 bridgehead atoms. The van der Waals surface area contributed by atoms with E-state index in [1.54, 1.807) is 0 Å². The molecule has 0 spiro atoms. The SMILES string of the molecule is CC(C)(C)c1cc2c(c(C(C)(C)C)c1)OP1Oc3c(cc(C(C)(C)C)cc3C(C)(C)C)-c3cccc-2[n+]31. The van der Waals surface area contributed by atoms with Gasteiger partial charge in [0.2, 0.25) is 11.4 Å². The lowest BCUT2D eigenvalue weighted by atomic mass is 9.78. The second-order valence-electron chi connectivity index (χ2n) is 14.8. The number of fused-ring (bicyclic) bond motifs is 4. The average Bonchev–Trinajstić information content (AvgIpc) is 2.75. The molecule has 2 aliphatic rings. The van der Waals surface area contributed by atoms with Crippen molar-refractivity contribution in [2.75, 3.05) is 0 Å². The Bertz CT molecular complexity index is 1300. The fourth-order valence-electron chi connectivity index (χ4n) is 5.16. The minimum absolute atomic E-state index is 0.0308. The molecule has 3 heterocycles. The Hall–Kier alpha value is -2.38. The van der Waals surface area contributed by atoms with Gasteiger partial charge in [-0.15, -0.1) is 4.34 Å². The van der Waals surface area contributed by atoms with E-state index in [9.17, 15) is 0 Å². The lowest BCUT2D eigenvalue weighted by Gasteiger charge is -2.34. The second kappa shape index (κ2) is 8.06. The average molecular weight is 517 g/mol. The summed E-state index contributed by atoms with van der Waals surface area (Å²) in [5, 5.41) is 0. The normalized spacial score (nSPS) is 15.4. The third kappa shape index (κ3) is 4.38. The standard InChI is InChI=1S/C33H43NO2P/c1-30(2,3)20-16-22-26-14-13-15-27-23-17-21(31(4,5)6)19-25(33(10,11)12)29(23)36-37(34(26)27)35-28(22)24(18-20)32(7,8)9/h13-19H,1-12H3/q+1. The van der Waals surface area contributed by atoms with Crippen LogP contribution in [0.15, 0.2) is 42.5 Å². The summed E-state index contributed by atoms with van der Waals surface area (Å²) in [6.45, 7) is 27.3. The van der Waals surface area contributed by atoms with Crippen LogP contribution in [0.3, 0.4) is 0 Å². The van der Waals surface area contributed by atoms with Crippen molar-refractivity contribution in [1.29, 1.82) is 0 Å². The number of rotatable bonds is 0. The molecule has 2 aliphatic heterocycles. The third-order valence-corrected chi connectivity index (χ3v) is 8.98. The molecule has 0 amide bonds. The van der Waals surface area contributed by atoms with Gasteiger partial charge in [-0.2, -0.15) is 0 Å². The Labute approximate surface area is 225 Å². The maximum atomic E-state index is 6.89. The van der Waals surface area contributed by atoms with Gasteiger partial charge in [-0.05, 0) is 51.0 Å². The molecule has 3 nitrogen and oxygen atoms in total. The Balaban J connectivity index is 1.84. The van der Waals surface area contributed by atoms with E-state index >= 15 is 0 Å². The molecular weight excluding hydrogens is 473 g/mol. The second-order valence-corrected chi connectivity index (χ2v) is 16.1. The summed E-state index contributed by atoms with van der Waals surface area (Å²) >= 11 is 0. The minimum atomic E-state index is -1.38. The first-order valence-electron chi connectivity index (χ1n) is 13.5. The zero-order valence-electron chi connectivity index (χ0n) is 24.8. The van der Waals surface area contributed by atoms with Crippen LogP contribution in [-0.4, -0.2) is 0 Å². The van der Waals surface area contributed by atoms with E-state index in [1.807, 2.05) is 0 Å². The minimum Gasteiger partial charge on any atom is -0.386 e. The number of pyridine rings is 1. The van der Waals surface area contributed by atoms with E-state index in [1.165, 1.54) is 33.6 Å². The van der Waals surface area contributed by atoms with Crippen LogP contribution in [0.5, 0.6) is 11.5 Å². The van der Waals surface area contributed by atoms with Crippen molar-refractivity contribution in [3.63, 3.8) is 0 Å². The van der Waals surface area contributed by atoms with Crippen LogP contribution in [0.25, 0.3) is 22.5 Å². The zero-order valence-corrected chi connectivity index (χ0v) is 25.6. The molecule has 0 radical (unpaired) electrons. The van der Waals surface area contributed by atoms with Gasteiger partial charge in [-0.25, -0.2) is 0 Å². The fraction of sp³-hybridized carbons (Fsp3) is 0.485. The molecule has 0 atom stereocenters. The summed E-state index contributed by atoms with van der Waals surface area (Å²) in [6, 6.07) is 16.0. The molecule has 0 aliphatic carbocycles. The van der Waals surface area contributed by atoms with Gasteiger partial charge in [0.1, 0.15) is 0 Å². The van der Waals surface area contributed by atoms with E-state index in [4.69, 9.17) is 9.05 Å². The Morgan fingerprint density at radius 3 is 1.24 bits per heavy atom. The van der Waals surface area contributed by atoms with E-state index < -0.39 is 8.53 Å². The highest BCUT2D eigenvalue weighted by molar-refractivity contribution is 7.41. The van der Waals surface area contributed by atoms with Crippen LogP contribution in [0.2, 0.25) is 0 Å². The molecule has 0 saturated carbocycles. The van der Waals surface area contributed by atoms with Gasteiger partial charge in [0.15, 0.2) is 11.5 Å². The molecule has 1 aromatic heterocycles. The summed E-state index contributed by atoms with van der Waals surface area (Å²) in [5.41, 5.74) is 9.73. The summed E-state index contributed by atoms with van der Waals surface area (Å²) in [6.07, 6.45) is 0. The molecule has 2 aromatic carbocycles. The molecule has 5 rings (SSSR count). The van der Waals surface area contributed by atoms with Gasteiger partial charge < -0.3 is 9.05 Å². The first kappa shape index (κ1) is 26.2. The van der Waals surface area contributed by atoms with Crippen LogP contribution in [0.1, 0.15) is 105 Å². The van der Waals surface area contributed by atoms with Crippen LogP contribution < -0.4 is 13.4 Å². The highest BCUT2D eigenvalue weighted by Crippen LogP contribution is 2.57. The van der Waals surface area contributed by atoms with E-state index in [-0.39, 0.29) is 21.7 Å². The predicted molar refractivity (Wildman–Crippen MR) is 156 cm³/mol. The molecule has 0 unspecified atom stereocenters. The van der Waals surface area contributed by atoms with Crippen molar-refractivity contribution < 1.29 is 13.4 Å².